The number of carbonyl (C=O) groups excluding carboxylic acids is 1. The van der Waals surface area contributed by atoms with Crippen molar-refractivity contribution in [1.82, 2.24) is 4.90 Å². The summed E-state index contributed by atoms with van der Waals surface area (Å²) >= 11 is 0. The monoisotopic (exact) mass is 424 g/mol. The van der Waals surface area contributed by atoms with Crippen molar-refractivity contribution in [2.45, 2.75) is 13.5 Å². The molecule has 1 saturated heterocycles. The molecule has 31 heavy (non-hydrogen) atoms. The van der Waals surface area contributed by atoms with Gasteiger partial charge in [-0.05, 0) is 43.8 Å². The molecule has 0 spiro atoms. The number of benzene rings is 2. The summed E-state index contributed by atoms with van der Waals surface area (Å²) in [6.45, 7) is 6.21. The second-order valence-electron chi connectivity index (χ2n) is 8.15. The van der Waals surface area contributed by atoms with E-state index in [0.717, 1.165) is 26.2 Å². The highest BCUT2D eigenvalue weighted by molar-refractivity contribution is 6.16. The molecule has 4 rings (SSSR count). The van der Waals surface area contributed by atoms with E-state index < -0.39 is 0 Å². The van der Waals surface area contributed by atoms with Gasteiger partial charge in [0.25, 0.3) is 0 Å². The number of fused-ring (bicyclic) bond motifs is 1. The minimum absolute atomic E-state index is 0.0734. The van der Waals surface area contributed by atoms with E-state index in [1.165, 1.54) is 4.90 Å². The Bertz CT molecular complexity index is 1040. The van der Waals surface area contributed by atoms with Crippen LogP contribution in [0.4, 0.5) is 0 Å². The number of rotatable bonds is 5. The second kappa shape index (κ2) is 8.61. The molecule has 7 nitrogen and oxygen atoms in total. The average Bonchev–Trinajstić information content (AvgIpc) is 3.08. The third-order valence-electron chi connectivity index (χ3n) is 6.05. The van der Waals surface area contributed by atoms with Crippen LogP contribution < -0.4 is 24.2 Å². The van der Waals surface area contributed by atoms with Crippen LogP contribution >= 0.6 is 0 Å². The van der Waals surface area contributed by atoms with Gasteiger partial charge in [-0.25, -0.2) is 0 Å². The van der Waals surface area contributed by atoms with Crippen LogP contribution in [0.5, 0.6) is 23.0 Å². The Labute approximate surface area is 182 Å². The van der Waals surface area contributed by atoms with Crippen LogP contribution in [0.25, 0.3) is 6.08 Å². The van der Waals surface area contributed by atoms with Gasteiger partial charge < -0.3 is 24.2 Å². The third kappa shape index (κ3) is 4.11. The largest absolute Gasteiger partial charge is 0.872 e. The molecule has 2 aromatic rings. The minimum atomic E-state index is -0.216. The highest BCUT2D eigenvalue weighted by Gasteiger charge is 2.33. The number of hydrogen-bond donors (Lipinski definition) is 1. The number of nitrogens with one attached hydrogen (secondary N) is 1. The van der Waals surface area contributed by atoms with Crippen LogP contribution in [-0.2, 0) is 6.54 Å². The highest BCUT2D eigenvalue weighted by atomic mass is 16.5. The van der Waals surface area contributed by atoms with Gasteiger partial charge in [0.15, 0.2) is 5.76 Å². The van der Waals surface area contributed by atoms with Crippen LogP contribution in [0.3, 0.4) is 0 Å². The summed E-state index contributed by atoms with van der Waals surface area (Å²) in [6.07, 6.45) is 1.65. The molecule has 0 atom stereocenters. The van der Waals surface area contributed by atoms with Crippen molar-refractivity contribution >= 4 is 11.9 Å². The maximum absolute atomic E-state index is 13.2. The summed E-state index contributed by atoms with van der Waals surface area (Å²) in [5.74, 6) is 1.55. The zero-order valence-corrected chi connectivity index (χ0v) is 18.4. The lowest BCUT2D eigenvalue weighted by Gasteiger charge is -2.31. The number of ketones is 1. The number of carbonyl (C=O) groups is 1. The molecule has 2 aliphatic heterocycles. The Morgan fingerprint density at radius 3 is 2.61 bits per heavy atom. The summed E-state index contributed by atoms with van der Waals surface area (Å²) in [5, 5.41) is 12.8. The summed E-state index contributed by atoms with van der Waals surface area (Å²) in [5.41, 5.74) is 2.37. The lowest BCUT2D eigenvalue weighted by molar-refractivity contribution is -0.918. The third-order valence-corrected chi connectivity index (χ3v) is 6.05. The van der Waals surface area contributed by atoms with E-state index in [1.807, 2.05) is 0 Å². The lowest BCUT2D eigenvalue weighted by Crippen LogP contribution is -3.13. The minimum Gasteiger partial charge on any atom is -0.872 e. The molecule has 0 bridgehead atoms. The molecule has 0 aliphatic carbocycles. The number of likely N-dealkylation sites (N-methyl/N-ethyl adjacent to an activating group) is 1. The number of nitrogens with zero attached hydrogens (tertiary/aromatic N) is 1. The lowest BCUT2D eigenvalue weighted by atomic mass is 9.99. The molecule has 0 aromatic heterocycles. The Hall–Kier alpha value is -3.03. The molecular weight excluding hydrogens is 396 g/mol. The molecule has 1 fully saturated rings. The van der Waals surface area contributed by atoms with Crippen molar-refractivity contribution in [2.75, 3.05) is 47.4 Å². The molecule has 164 valence electrons. The van der Waals surface area contributed by atoms with E-state index in [0.29, 0.717) is 46.0 Å². The summed E-state index contributed by atoms with van der Waals surface area (Å²) < 4.78 is 16.8. The van der Waals surface area contributed by atoms with E-state index in [2.05, 4.69) is 11.9 Å². The Morgan fingerprint density at radius 1 is 1.19 bits per heavy atom. The molecule has 2 aliphatic rings. The number of quaternary nitrogens is 1. The Balaban J connectivity index is 1.70. The number of aryl methyl sites for hydroxylation is 1. The van der Waals surface area contributed by atoms with E-state index >= 15 is 0 Å². The van der Waals surface area contributed by atoms with Crippen LogP contribution in [0.15, 0.2) is 30.0 Å². The van der Waals surface area contributed by atoms with E-state index in [4.69, 9.17) is 14.2 Å². The first-order valence-corrected chi connectivity index (χ1v) is 10.4. The first-order valence-electron chi connectivity index (χ1n) is 10.4. The predicted molar refractivity (Wildman–Crippen MR) is 115 cm³/mol. The van der Waals surface area contributed by atoms with Crippen LogP contribution in [0.2, 0.25) is 0 Å². The van der Waals surface area contributed by atoms with Crippen LogP contribution in [-0.4, -0.2) is 58.1 Å². The number of Topliss-reactive ketones (excluding diaryl/α,β-unsaturated/α-hetero) is 1. The highest BCUT2D eigenvalue weighted by Crippen LogP contribution is 2.41. The van der Waals surface area contributed by atoms with Gasteiger partial charge in [0, 0.05) is 24.2 Å². The van der Waals surface area contributed by atoms with Crippen molar-refractivity contribution in [3.8, 4) is 23.0 Å². The van der Waals surface area contributed by atoms with Crippen molar-refractivity contribution in [3.63, 3.8) is 0 Å². The van der Waals surface area contributed by atoms with Crippen molar-refractivity contribution < 1.29 is 29.0 Å². The summed E-state index contributed by atoms with van der Waals surface area (Å²) in [7, 11) is 5.25. The molecular formula is C24H28N2O5. The number of methoxy groups -OCH3 is 2. The fourth-order valence-corrected chi connectivity index (χ4v) is 4.19. The number of piperazine rings is 1. The number of allylic oxidation sites excluding steroid dienone is 1. The summed E-state index contributed by atoms with van der Waals surface area (Å²) in [4.78, 5) is 16.8. The fourth-order valence-electron chi connectivity index (χ4n) is 4.19. The van der Waals surface area contributed by atoms with Crippen LogP contribution in [0, 0.1) is 6.92 Å². The van der Waals surface area contributed by atoms with Gasteiger partial charge in [0.05, 0.1) is 32.9 Å². The molecule has 0 radical (unpaired) electrons. The fraction of sp³-hybridized carbons (Fsp3) is 0.375. The van der Waals surface area contributed by atoms with E-state index in [-0.39, 0.29) is 17.3 Å². The van der Waals surface area contributed by atoms with E-state index in [9.17, 15) is 9.90 Å². The molecule has 1 N–H and O–H groups in total. The molecule has 0 saturated carbocycles. The molecule has 2 heterocycles. The van der Waals surface area contributed by atoms with Gasteiger partial charge in [-0.2, -0.15) is 0 Å². The topological polar surface area (TPSA) is 75.5 Å². The normalized spacial score (nSPS) is 18.2. The molecule has 0 amide bonds. The van der Waals surface area contributed by atoms with Crippen molar-refractivity contribution in [1.29, 1.82) is 0 Å². The Morgan fingerprint density at radius 2 is 1.94 bits per heavy atom. The van der Waals surface area contributed by atoms with Crippen LogP contribution in [0.1, 0.15) is 27.0 Å². The summed E-state index contributed by atoms with van der Waals surface area (Å²) in [6, 6.07) is 6.91. The van der Waals surface area contributed by atoms with Gasteiger partial charge in [-0.3, -0.25) is 9.69 Å². The molecule has 2 aromatic carbocycles. The molecule has 7 heteroatoms. The van der Waals surface area contributed by atoms with Gasteiger partial charge in [0.1, 0.15) is 23.8 Å². The smallest absolute Gasteiger partial charge is 0.232 e. The first kappa shape index (κ1) is 21.2. The van der Waals surface area contributed by atoms with Gasteiger partial charge in [-0.15, -0.1) is 0 Å². The van der Waals surface area contributed by atoms with Crippen molar-refractivity contribution in [3.05, 3.63) is 52.3 Å². The van der Waals surface area contributed by atoms with Gasteiger partial charge >= 0.3 is 0 Å². The van der Waals surface area contributed by atoms with Gasteiger partial charge in [-0.1, -0.05) is 11.8 Å². The standard InChI is InChI=1S/C24H28N2O5/c1-15-11-19(27)18(14-26-9-7-25(2)8-10-26)24-22(15)23(28)21(31-24)13-16-12-17(29-3)5-6-20(16)30-4/h5-6,11-13,27H,7-10,14H2,1-4H3. The average molecular weight is 424 g/mol. The molecule has 0 unspecified atom stereocenters. The first-order chi connectivity index (χ1) is 14.9. The number of ether oxygens (including phenoxy) is 3. The van der Waals surface area contributed by atoms with Crippen molar-refractivity contribution in [2.24, 2.45) is 0 Å². The zero-order chi connectivity index (χ0) is 22.1. The predicted octanol–water partition coefficient (Wildman–Crippen LogP) is 1.03. The maximum Gasteiger partial charge on any atom is 0.232 e. The zero-order valence-electron chi connectivity index (χ0n) is 18.4. The Kier molecular flexibility index (Phi) is 5.89. The SMILES string of the molecule is COc1ccc(OC)c(C=C2Oc3c(C[NH+]4CCN(C)CC4)c([O-])cc(C)c3C2=O)c1. The second-order valence-corrected chi connectivity index (χ2v) is 8.15. The van der Waals surface area contributed by atoms with E-state index in [1.54, 1.807) is 51.5 Å². The quantitative estimate of drug-likeness (QED) is 0.723. The number of hydrogen-bond acceptors (Lipinski definition) is 6. The van der Waals surface area contributed by atoms with Gasteiger partial charge in [0.2, 0.25) is 5.78 Å². The maximum atomic E-state index is 13.2.